The predicted molar refractivity (Wildman–Crippen MR) is 122 cm³/mol. The van der Waals surface area contributed by atoms with Gasteiger partial charge in [0.25, 0.3) is 0 Å². The van der Waals surface area contributed by atoms with E-state index in [4.69, 9.17) is 4.74 Å². The van der Waals surface area contributed by atoms with Crippen LogP contribution >= 0.6 is 11.3 Å². The molecule has 32 heavy (non-hydrogen) atoms. The van der Waals surface area contributed by atoms with Crippen LogP contribution in [0.2, 0.25) is 0 Å². The fraction of sp³-hybridized carbons (Fsp3) is 0.167. The minimum atomic E-state index is -2.96. The molecule has 0 aliphatic carbocycles. The summed E-state index contributed by atoms with van der Waals surface area (Å²) < 4.78 is 36.6. The molecule has 1 aromatic heterocycles. The molecule has 8 heteroatoms. The number of benzene rings is 3. The van der Waals surface area contributed by atoms with Gasteiger partial charge in [-0.05, 0) is 48.0 Å². The third-order valence-electron chi connectivity index (χ3n) is 4.78. The van der Waals surface area contributed by atoms with E-state index in [9.17, 15) is 13.6 Å². The molecule has 1 heterocycles. The number of alkyl halides is 2. The lowest BCUT2D eigenvalue weighted by Gasteiger charge is -2.14. The minimum absolute atomic E-state index is 0.0256. The van der Waals surface area contributed by atoms with Gasteiger partial charge in [0, 0.05) is 24.1 Å². The fourth-order valence-corrected chi connectivity index (χ4v) is 4.24. The molecule has 0 unspecified atom stereocenters. The fourth-order valence-electron chi connectivity index (χ4n) is 3.27. The molecule has 1 amide bonds. The molecule has 0 atom stereocenters. The molecule has 0 saturated heterocycles. The van der Waals surface area contributed by atoms with Crippen molar-refractivity contribution in [3.05, 3.63) is 71.7 Å². The molecule has 0 fully saturated rings. The van der Waals surface area contributed by atoms with Crippen LogP contribution in [0.5, 0.6) is 11.5 Å². The average molecular weight is 454 g/mol. The summed E-state index contributed by atoms with van der Waals surface area (Å²) in [5, 5.41) is 3.72. The molecule has 0 radical (unpaired) electrons. The number of amides is 1. The first-order valence-electron chi connectivity index (χ1n) is 9.89. The molecular formula is C24H20F2N2O3S. The number of carbonyl (C=O) groups is 1. The monoisotopic (exact) mass is 454 g/mol. The molecule has 4 aromatic rings. The third-order valence-corrected chi connectivity index (χ3v) is 5.88. The standard InChI is InChI=1S/C24H20F2N2O3S/c1-30-17-9-6-15(7-10-17)18-14-16(8-11-20(18)31-24(25)26)27-22(29)12-13-23-28-19-4-2-3-5-21(19)32-23/h2-11,14,24H,12-13H2,1H3,(H,27,29). The summed E-state index contributed by atoms with van der Waals surface area (Å²) in [6.07, 6.45) is 0.774. The van der Waals surface area contributed by atoms with Gasteiger partial charge in [-0.1, -0.05) is 24.3 Å². The van der Waals surface area contributed by atoms with E-state index in [0.29, 0.717) is 29.0 Å². The number of methoxy groups -OCH3 is 1. The van der Waals surface area contributed by atoms with Crippen LogP contribution in [0.4, 0.5) is 14.5 Å². The van der Waals surface area contributed by atoms with Gasteiger partial charge in [0.2, 0.25) is 5.91 Å². The number of carbonyl (C=O) groups excluding carboxylic acids is 1. The van der Waals surface area contributed by atoms with Crippen molar-refractivity contribution in [1.29, 1.82) is 0 Å². The third kappa shape index (κ3) is 5.20. The van der Waals surface area contributed by atoms with Crippen molar-refractivity contribution in [3.8, 4) is 22.6 Å². The molecule has 164 valence electrons. The maximum Gasteiger partial charge on any atom is 0.387 e. The minimum Gasteiger partial charge on any atom is -0.497 e. The van der Waals surface area contributed by atoms with Crippen molar-refractivity contribution < 1.29 is 23.0 Å². The quantitative estimate of drug-likeness (QED) is 0.347. The molecule has 5 nitrogen and oxygen atoms in total. The van der Waals surface area contributed by atoms with Gasteiger partial charge < -0.3 is 14.8 Å². The number of ether oxygens (including phenoxy) is 2. The van der Waals surface area contributed by atoms with Crippen LogP contribution in [0, 0.1) is 0 Å². The zero-order valence-electron chi connectivity index (χ0n) is 17.2. The Kier molecular flexibility index (Phi) is 6.61. The zero-order valence-corrected chi connectivity index (χ0v) is 18.0. The predicted octanol–water partition coefficient (Wildman–Crippen LogP) is 6.14. The van der Waals surface area contributed by atoms with Gasteiger partial charge in [0.05, 0.1) is 22.3 Å². The Balaban J connectivity index is 1.48. The first kappa shape index (κ1) is 21.7. The van der Waals surface area contributed by atoms with Gasteiger partial charge >= 0.3 is 6.61 Å². The smallest absolute Gasteiger partial charge is 0.387 e. The van der Waals surface area contributed by atoms with Gasteiger partial charge in [0.1, 0.15) is 11.5 Å². The Hall–Kier alpha value is -3.52. The van der Waals surface area contributed by atoms with Gasteiger partial charge in [-0.3, -0.25) is 4.79 Å². The van der Waals surface area contributed by atoms with Crippen molar-refractivity contribution in [3.63, 3.8) is 0 Å². The number of anilines is 1. The highest BCUT2D eigenvalue weighted by Gasteiger charge is 2.14. The summed E-state index contributed by atoms with van der Waals surface area (Å²) >= 11 is 1.57. The molecule has 3 aromatic carbocycles. The number of aryl methyl sites for hydroxylation is 1. The molecule has 0 spiro atoms. The van der Waals surface area contributed by atoms with Gasteiger partial charge in [-0.15, -0.1) is 11.3 Å². The van der Waals surface area contributed by atoms with Gasteiger partial charge in [0.15, 0.2) is 0 Å². The normalized spacial score (nSPS) is 11.0. The SMILES string of the molecule is COc1ccc(-c2cc(NC(=O)CCc3nc4ccccc4s3)ccc2OC(F)F)cc1. The van der Waals surface area contributed by atoms with E-state index in [1.807, 2.05) is 24.3 Å². The van der Waals surface area contributed by atoms with E-state index in [2.05, 4.69) is 15.0 Å². The Bertz CT molecular complexity index is 1190. The lowest BCUT2D eigenvalue weighted by atomic mass is 10.0. The number of fused-ring (bicyclic) bond motifs is 1. The molecule has 0 saturated carbocycles. The topological polar surface area (TPSA) is 60.5 Å². The van der Waals surface area contributed by atoms with Crippen LogP contribution < -0.4 is 14.8 Å². The molecule has 4 rings (SSSR count). The highest BCUT2D eigenvalue weighted by atomic mass is 32.1. The van der Waals surface area contributed by atoms with Crippen molar-refractivity contribution in [2.45, 2.75) is 19.5 Å². The second-order valence-electron chi connectivity index (χ2n) is 6.94. The average Bonchev–Trinajstić information content (AvgIpc) is 3.22. The Morgan fingerprint density at radius 2 is 1.88 bits per heavy atom. The zero-order chi connectivity index (χ0) is 22.5. The first-order chi connectivity index (χ1) is 15.5. The lowest BCUT2D eigenvalue weighted by molar-refractivity contribution is -0.116. The Morgan fingerprint density at radius 1 is 1.09 bits per heavy atom. The van der Waals surface area contributed by atoms with E-state index in [0.717, 1.165) is 15.2 Å². The van der Waals surface area contributed by atoms with Crippen LogP contribution in [0.3, 0.4) is 0 Å². The number of hydrogen-bond acceptors (Lipinski definition) is 5. The second-order valence-corrected chi connectivity index (χ2v) is 8.06. The van der Waals surface area contributed by atoms with Crippen molar-refractivity contribution in [2.24, 2.45) is 0 Å². The molecule has 0 bridgehead atoms. The summed E-state index contributed by atoms with van der Waals surface area (Å²) in [5.41, 5.74) is 2.52. The van der Waals surface area contributed by atoms with Gasteiger partial charge in [-0.2, -0.15) is 8.78 Å². The maximum absolute atomic E-state index is 12.9. The Labute approximate surface area is 187 Å². The summed E-state index contributed by atoms with van der Waals surface area (Å²) in [6, 6.07) is 19.4. The van der Waals surface area contributed by atoms with Crippen molar-refractivity contribution >= 4 is 33.1 Å². The summed E-state index contributed by atoms with van der Waals surface area (Å²) in [6.45, 7) is -2.96. The van der Waals surface area contributed by atoms with Crippen molar-refractivity contribution in [2.75, 3.05) is 12.4 Å². The van der Waals surface area contributed by atoms with E-state index >= 15 is 0 Å². The van der Waals surface area contributed by atoms with Crippen LogP contribution in [0.25, 0.3) is 21.3 Å². The number of hydrogen-bond donors (Lipinski definition) is 1. The second kappa shape index (κ2) is 9.74. The molecule has 0 aliphatic rings. The van der Waals surface area contributed by atoms with E-state index in [1.54, 1.807) is 54.8 Å². The van der Waals surface area contributed by atoms with Gasteiger partial charge in [-0.25, -0.2) is 4.98 Å². The van der Waals surface area contributed by atoms with E-state index < -0.39 is 6.61 Å². The maximum atomic E-state index is 12.9. The Morgan fingerprint density at radius 3 is 2.59 bits per heavy atom. The van der Waals surface area contributed by atoms with Crippen LogP contribution in [0.1, 0.15) is 11.4 Å². The summed E-state index contributed by atoms with van der Waals surface area (Å²) in [4.78, 5) is 17.0. The number of aromatic nitrogens is 1. The highest BCUT2D eigenvalue weighted by molar-refractivity contribution is 7.18. The first-order valence-corrected chi connectivity index (χ1v) is 10.7. The number of nitrogens with one attached hydrogen (secondary N) is 1. The molecule has 1 N–H and O–H groups in total. The highest BCUT2D eigenvalue weighted by Crippen LogP contribution is 2.34. The summed E-state index contributed by atoms with van der Waals surface area (Å²) in [7, 11) is 1.55. The number of rotatable bonds is 8. The number of thiazole rings is 1. The van der Waals surface area contributed by atoms with Crippen LogP contribution in [-0.4, -0.2) is 24.6 Å². The molecule has 0 aliphatic heterocycles. The number of para-hydroxylation sites is 1. The number of nitrogens with zero attached hydrogens (tertiary/aromatic N) is 1. The van der Waals surface area contributed by atoms with Crippen molar-refractivity contribution in [1.82, 2.24) is 4.98 Å². The largest absolute Gasteiger partial charge is 0.497 e. The lowest BCUT2D eigenvalue weighted by Crippen LogP contribution is -2.12. The van der Waals surface area contributed by atoms with Crippen LogP contribution in [0.15, 0.2) is 66.7 Å². The number of halogens is 2. The van der Waals surface area contributed by atoms with Crippen LogP contribution in [-0.2, 0) is 11.2 Å². The van der Waals surface area contributed by atoms with E-state index in [-0.39, 0.29) is 18.1 Å². The molecular weight excluding hydrogens is 434 g/mol. The summed E-state index contributed by atoms with van der Waals surface area (Å²) in [5.74, 6) is 0.481. The van der Waals surface area contributed by atoms with E-state index in [1.165, 1.54) is 6.07 Å².